The van der Waals surface area contributed by atoms with E-state index in [1.165, 1.54) is 6.92 Å². The molecule has 2 N–H and O–H groups in total. The summed E-state index contributed by atoms with van der Waals surface area (Å²) in [5.74, 6) is 0.248. The number of fused-ring (bicyclic) bond motifs is 2. The maximum atomic E-state index is 12.5. The number of hydrogen-bond donors (Lipinski definition) is 1. The second-order valence-electron chi connectivity index (χ2n) is 4.88. The third kappa shape index (κ3) is 1.77. The van der Waals surface area contributed by atoms with Crippen LogP contribution >= 0.6 is 0 Å². The van der Waals surface area contributed by atoms with Crippen LogP contribution in [0.15, 0.2) is 0 Å². The van der Waals surface area contributed by atoms with Gasteiger partial charge in [0.05, 0.1) is 17.7 Å². The van der Waals surface area contributed by atoms with Gasteiger partial charge in [-0.3, -0.25) is 0 Å². The van der Waals surface area contributed by atoms with E-state index in [-0.39, 0.29) is 12.0 Å². The number of alkyl halides is 2. The molecule has 2 aliphatic rings. The van der Waals surface area contributed by atoms with Crippen LogP contribution in [0.5, 0.6) is 0 Å². The lowest BCUT2D eigenvalue weighted by Gasteiger charge is -2.29. The molecule has 2 fully saturated rings. The van der Waals surface area contributed by atoms with E-state index in [9.17, 15) is 8.78 Å². The lowest BCUT2D eigenvalue weighted by atomic mass is 9.80. The highest BCUT2D eigenvalue weighted by Crippen LogP contribution is 2.42. The zero-order valence-corrected chi connectivity index (χ0v) is 8.38. The Morgan fingerprint density at radius 1 is 1.50 bits per heavy atom. The normalized spacial score (nSPS) is 40.5. The van der Waals surface area contributed by atoms with Crippen molar-refractivity contribution in [3.05, 3.63) is 0 Å². The van der Waals surface area contributed by atoms with Crippen LogP contribution in [-0.4, -0.2) is 24.2 Å². The monoisotopic (exact) mass is 205 g/mol. The molecule has 4 heteroatoms. The number of ether oxygens (including phenoxy) is 1. The first kappa shape index (κ1) is 10.3. The third-order valence-corrected chi connectivity index (χ3v) is 3.43. The molecule has 0 aromatic rings. The minimum Gasteiger partial charge on any atom is -0.375 e. The van der Waals surface area contributed by atoms with Crippen molar-refractivity contribution in [2.45, 2.75) is 56.8 Å². The van der Waals surface area contributed by atoms with Crippen molar-refractivity contribution < 1.29 is 13.5 Å². The summed E-state index contributed by atoms with van der Waals surface area (Å²) in [6.45, 7) is 1.43. The maximum absolute atomic E-state index is 12.5. The summed E-state index contributed by atoms with van der Waals surface area (Å²) < 4.78 is 30.7. The molecule has 2 nitrogen and oxygen atoms in total. The summed E-state index contributed by atoms with van der Waals surface area (Å²) in [4.78, 5) is 0. The first-order chi connectivity index (χ1) is 6.49. The Hall–Kier alpha value is -0.220. The molecule has 2 rings (SSSR count). The number of rotatable bonds is 3. The predicted molar refractivity (Wildman–Crippen MR) is 49.2 cm³/mol. The molecular weight excluding hydrogens is 188 g/mol. The molecule has 0 aromatic carbocycles. The van der Waals surface area contributed by atoms with Crippen molar-refractivity contribution >= 4 is 0 Å². The van der Waals surface area contributed by atoms with E-state index < -0.39 is 12.0 Å². The van der Waals surface area contributed by atoms with Crippen molar-refractivity contribution in [3.63, 3.8) is 0 Å². The Morgan fingerprint density at radius 3 is 2.64 bits per heavy atom. The van der Waals surface area contributed by atoms with Crippen LogP contribution in [0.25, 0.3) is 0 Å². The highest BCUT2D eigenvalue weighted by Gasteiger charge is 2.44. The van der Waals surface area contributed by atoms with Crippen LogP contribution in [0.3, 0.4) is 0 Å². The molecule has 0 saturated carbocycles. The van der Waals surface area contributed by atoms with Gasteiger partial charge in [-0.05, 0) is 38.5 Å². The van der Waals surface area contributed by atoms with Gasteiger partial charge in [0.1, 0.15) is 0 Å². The summed E-state index contributed by atoms with van der Waals surface area (Å²) in [5, 5.41) is 0. The summed E-state index contributed by atoms with van der Waals surface area (Å²) in [6.07, 6.45) is 1.49. The van der Waals surface area contributed by atoms with E-state index in [2.05, 4.69) is 0 Å². The van der Waals surface area contributed by atoms with E-state index in [0.717, 1.165) is 19.3 Å². The molecule has 2 aliphatic heterocycles. The molecule has 0 radical (unpaired) electrons. The third-order valence-electron chi connectivity index (χ3n) is 3.43. The van der Waals surface area contributed by atoms with Gasteiger partial charge in [-0.25, -0.2) is 8.78 Å². The molecule has 14 heavy (non-hydrogen) atoms. The molecule has 82 valence electrons. The summed E-state index contributed by atoms with van der Waals surface area (Å²) in [5.41, 5.74) is 4.22. The average molecular weight is 205 g/mol. The molecule has 2 heterocycles. The van der Waals surface area contributed by atoms with Gasteiger partial charge in [-0.1, -0.05) is 0 Å². The molecule has 0 aromatic heterocycles. The fraction of sp³-hybridized carbons (Fsp3) is 1.00. The zero-order valence-electron chi connectivity index (χ0n) is 8.38. The second kappa shape index (κ2) is 3.42. The van der Waals surface area contributed by atoms with Crippen LogP contribution in [0.4, 0.5) is 8.78 Å². The average Bonchev–Trinajstić information content (AvgIpc) is 2.63. The van der Waals surface area contributed by atoms with Gasteiger partial charge in [-0.15, -0.1) is 0 Å². The van der Waals surface area contributed by atoms with Gasteiger partial charge in [0, 0.05) is 0 Å². The fourth-order valence-corrected chi connectivity index (χ4v) is 2.61. The van der Waals surface area contributed by atoms with Crippen LogP contribution in [0.1, 0.15) is 32.6 Å². The molecule has 0 spiro atoms. The largest absolute Gasteiger partial charge is 0.375 e. The molecule has 4 atom stereocenters. The van der Waals surface area contributed by atoms with E-state index in [1.807, 2.05) is 0 Å². The van der Waals surface area contributed by atoms with E-state index >= 15 is 0 Å². The van der Waals surface area contributed by atoms with E-state index in [0.29, 0.717) is 12.5 Å². The summed E-state index contributed by atoms with van der Waals surface area (Å²) in [6, 6.07) is 0. The van der Waals surface area contributed by atoms with Crippen LogP contribution in [-0.2, 0) is 4.74 Å². The number of halogens is 2. The minimum absolute atomic E-state index is 0.196. The Kier molecular flexibility index (Phi) is 2.52. The molecule has 0 aliphatic carbocycles. The number of hydrogen-bond acceptors (Lipinski definition) is 2. The van der Waals surface area contributed by atoms with Gasteiger partial charge in [0.25, 0.3) is 6.43 Å². The van der Waals surface area contributed by atoms with Crippen LogP contribution in [0.2, 0.25) is 0 Å². The van der Waals surface area contributed by atoms with Gasteiger partial charge >= 0.3 is 0 Å². The molecule has 2 saturated heterocycles. The van der Waals surface area contributed by atoms with Gasteiger partial charge in [-0.2, -0.15) is 0 Å². The molecule has 0 amide bonds. The highest BCUT2D eigenvalue weighted by atomic mass is 19.3. The Morgan fingerprint density at radius 2 is 2.21 bits per heavy atom. The van der Waals surface area contributed by atoms with Crippen LogP contribution in [0, 0.1) is 5.92 Å². The Labute approximate surface area is 82.8 Å². The van der Waals surface area contributed by atoms with E-state index in [1.54, 1.807) is 0 Å². The SMILES string of the molecule is CC(N)(CC1CC2CCC1O2)C(F)F. The Bertz CT molecular complexity index is 220. The maximum Gasteiger partial charge on any atom is 0.256 e. The standard InChI is InChI=1S/C10H17F2NO/c1-10(13,9(11)12)5-6-4-7-2-3-8(6)14-7/h6-9H,2-5,13H2,1H3. The van der Waals surface area contributed by atoms with E-state index in [4.69, 9.17) is 10.5 Å². The van der Waals surface area contributed by atoms with Crippen LogP contribution < -0.4 is 5.73 Å². The lowest BCUT2D eigenvalue weighted by molar-refractivity contribution is 0.0361. The minimum atomic E-state index is -2.44. The van der Waals surface area contributed by atoms with Crippen molar-refractivity contribution in [1.82, 2.24) is 0 Å². The molecule has 2 bridgehead atoms. The van der Waals surface area contributed by atoms with Crippen molar-refractivity contribution in [1.29, 1.82) is 0 Å². The lowest BCUT2D eigenvalue weighted by Crippen LogP contribution is -2.46. The Balaban J connectivity index is 1.92. The highest BCUT2D eigenvalue weighted by molar-refractivity contribution is 4.95. The quantitative estimate of drug-likeness (QED) is 0.764. The van der Waals surface area contributed by atoms with Gasteiger partial charge < -0.3 is 10.5 Å². The van der Waals surface area contributed by atoms with Crippen molar-refractivity contribution in [2.24, 2.45) is 11.7 Å². The van der Waals surface area contributed by atoms with Crippen molar-refractivity contribution in [2.75, 3.05) is 0 Å². The first-order valence-corrected chi connectivity index (χ1v) is 5.21. The number of nitrogens with two attached hydrogens (primary N) is 1. The fourth-order valence-electron chi connectivity index (χ4n) is 2.61. The first-order valence-electron chi connectivity index (χ1n) is 5.21. The summed E-state index contributed by atoms with van der Waals surface area (Å²) in [7, 11) is 0. The summed E-state index contributed by atoms with van der Waals surface area (Å²) >= 11 is 0. The smallest absolute Gasteiger partial charge is 0.256 e. The van der Waals surface area contributed by atoms with Gasteiger partial charge in [0.15, 0.2) is 0 Å². The van der Waals surface area contributed by atoms with Gasteiger partial charge in [0.2, 0.25) is 0 Å². The zero-order chi connectivity index (χ0) is 10.3. The molecular formula is C10H17F2NO. The second-order valence-corrected chi connectivity index (χ2v) is 4.88. The predicted octanol–water partition coefficient (Wildman–Crippen LogP) is 1.93. The topological polar surface area (TPSA) is 35.2 Å². The van der Waals surface area contributed by atoms with Crippen molar-refractivity contribution in [3.8, 4) is 0 Å². The molecule has 4 unspecified atom stereocenters.